The molecule has 3 heteroatoms. The Morgan fingerprint density at radius 2 is 2.38 bits per heavy atom. The summed E-state index contributed by atoms with van der Waals surface area (Å²) >= 11 is 1.68. The third kappa shape index (κ3) is 2.57. The summed E-state index contributed by atoms with van der Waals surface area (Å²) in [6.07, 6.45) is 0. The minimum absolute atomic E-state index is 0.674. The van der Waals surface area contributed by atoms with E-state index >= 15 is 0 Å². The van der Waals surface area contributed by atoms with E-state index in [0.29, 0.717) is 6.61 Å². The molecule has 1 rings (SSSR count). The van der Waals surface area contributed by atoms with Crippen molar-refractivity contribution in [3.05, 3.63) is 28.5 Å². The van der Waals surface area contributed by atoms with Crippen LogP contribution in [0.2, 0.25) is 0 Å². The minimum atomic E-state index is 0.674. The van der Waals surface area contributed by atoms with E-state index < -0.39 is 0 Å². The van der Waals surface area contributed by atoms with E-state index in [-0.39, 0.29) is 0 Å². The van der Waals surface area contributed by atoms with Crippen LogP contribution in [0.15, 0.2) is 17.3 Å². The van der Waals surface area contributed by atoms with E-state index in [2.05, 4.69) is 22.7 Å². The van der Waals surface area contributed by atoms with Crippen LogP contribution in [-0.4, -0.2) is 13.7 Å². The van der Waals surface area contributed by atoms with Gasteiger partial charge in [0.15, 0.2) is 0 Å². The summed E-state index contributed by atoms with van der Waals surface area (Å²) in [5.74, 6) is 0.772. The van der Waals surface area contributed by atoms with Crippen LogP contribution in [0.25, 0.3) is 5.76 Å². The molecule has 1 aromatic heterocycles. The third-order valence-electron chi connectivity index (χ3n) is 1.73. The van der Waals surface area contributed by atoms with Gasteiger partial charge in [0, 0.05) is 17.5 Å². The molecule has 1 N–H and O–H groups in total. The van der Waals surface area contributed by atoms with Gasteiger partial charge in [-0.3, -0.25) is 0 Å². The van der Waals surface area contributed by atoms with E-state index in [0.717, 1.165) is 17.9 Å². The molecule has 2 nitrogen and oxygen atoms in total. The lowest BCUT2D eigenvalue weighted by Gasteiger charge is -2.07. The lowest BCUT2D eigenvalue weighted by atomic mass is 10.2. The summed E-state index contributed by atoms with van der Waals surface area (Å²) in [5, 5.41) is 7.31. The highest BCUT2D eigenvalue weighted by Crippen LogP contribution is 2.22. The summed E-state index contributed by atoms with van der Waals surface area (Å²) < 4.78 is 5.36. The average Bonchev–Trinajstić information content (AvgIpc) is 2.54. The van der Waals surface area contributed by atoms with Gasteiger partial charge < -0.3 is 10.1 Å². The van der Waals surface area contributed by atoms with Crippen LogP contribution in [0.5, 0.6) is 0 Å². The first-order valence-electron chi connectivity index (χ1n) is 4.31. The van der Waals surface area contributed by atoms with Crippen LogP contribution < -0.4 is 5.32 Å². The Labute approximate surface area is 83.2 Å². The first-order valence-corrected chi connectivity index (χ1v) is 5.25. The van der Waals surface area contributed by atoms with Crippen molar-refractivity contribution < 1.29 is 4.74 Å². The monoisotopic (exact) mass is 197 g/mol. The standard InChI is InChI=1S/C10H15NOS/c1-4-12-8(2)10-7-13-6-9(10)5-11-3/h6-7,11H,2,4-5H2,1,3H3. The van der Waals surface area contributed by atoms with Crippen molar-refractivity contribution in [3.8, 4) is 0 Å². The van der Waals surface area contributed by atoms with Crippen LogP contribution in [0.3, 0.4) is 0 Å². The van der Waals surface area contributed by atoms with Crippen molar-refractivity contribution >= 4 is 17.1 Å². The molecule has 0 saturated carbocycles. The summed E-state index contributed by atoms with van der Waals surface area (Å²) in [4.78, 5) is 0. The minimum Gasteiger partial charge on any atom is -0.494 e. The van der Waals surface area contributed by atoms with Gasteiger partial charge in [-0.25, -0.2) is 0 Å². The van der Waals surface area contributed by atoms with Gasteiger partial charge in [0.2, 0.25) is 0 Å². The molecular weight excluding hydrogens is 182 g/mol. The SMILES string of the molecule is C=C(OCC)c1cscc1CNC. The largest absolute Gasteiger partial charge is 0.494 e. The third-order valence-corrected chi connectivity index (χ3v) is 2.52. The van der Waals surface area contributed by atoms with E-state index in [1.165, 1.54) is 5.56 Å². The van der Waals surface area contributed by atoms with Crippen molar-refractivity contribution in [2.45, 2.75) is 13.5 Å². The van der Waals surface area contributed by atoms with Gasteiger partial charge in [-0.2, -0.15) is 11.3 Å². The summed E-state index contributed by atoms with van der Waals surface area (Å²) in [6, 6.07) is 0. The van der Waals surface area contributed by atoms with Crippen molar-refractivity contribution in [3.63, 3.8) is 0 Å². The number of thiophene rings is 1. The van der Waals surface area contributed by atoms with Crippen molar-refractivity contribution in [1.82, 2.24) is 5.32 Å². The highest BCUT2D eigenvalue weighted by atomic mass is 32.1. The Morgan fingerprint density at radius 1 is 1.62 bits per heavy atom. The Kier molecular flexibility index (Phi) is 3.99. The summed E-state index contributed by atoms with van der Waals surface area (Å²) in [5.41, 5.74) is 2.38. The van der Waals surface area contributed by atoms with Crippen molar-refractivity contribution in [2.24, 2.45) is 0 Å². The fourth-order valence-electron chi connectivity index (χ4n) is 1.15. The lowest BCUT2D eigenvalue weighted by molar-refractivity contribution is 0.299. The predicted molar refractivity (Wildman–Crippen MR) is 57.7 cm³/mol. The smallest absolute Gasteiger partial charge is 0.120 e. The number of nitrogens with one attached hydrogen (secondary N) is 1. The van der Waals surface area contributed by atoms with E-state index in [9.17, 15) is 0 Å². The molecule has 0 aromatic carbocycles. The predicted octanol–water partition coefficient (Wildman–Crippen LogP) is 2.47. The number of rotatable bonds is 5. The zero-order valence-corrected chi connectivity index (χ0v) is 8.91. The molecule has 0 aliphatic rings. The van der Waals surface area contributed by atoms with E-state index in [4.69, 9.17) is 4.74 Å². The molecule has 1 heterocycles. The molecule has 0 amide bonds. The molecule has 0 saturated heterocycles. The molecule has 0 bridgehead atoms. The van der Waals surface area contributed by atoms with Crippen LogP contribution in [0.4, 0.5) is 0 Å². The fraction of sp³-hybridized carbons (Fsp3) is 0.400. The highest BCUT2D eigenvalue weighted by Gasteiger charge is 2.06. The van der Waals surface area contributed by atoms with Gasteiger partial charge in [-0.15, -0.1) is 0 Å². The quantitative estimate of drug-likeness (QED) is 0.732. The summed E-state index contributed by atoms with van der Waals surface area (Å²) in [6.45, 7) is 7.39. The molecule has 0 atom stereocenters. The number of ether oxygens (including phenoxy) is 1. The maximum atomic E-state index is 5.36. The molecule has 72 valence electrons. The first kappa shape index (κ1) is 10.3. The second-order valence-electron chi connectivity index (χ2n) is 2.70. The average molecular weight is 197 g/mol. The maximum Gasteiger partial charge on any atom is 0.120 e. The Balaban J connectivity index is 2.74. The number of hydrogen-bond acceptors (Lipinski definition) is 3. The Morgan fingerprint density at radius 3 is 3.00 bits per heavy atom. The van der Waals surface area contributed by atoms with Crippen LogP contribution in [0, 0.1) is 0 Å². The molecule has 0 radical (unpaired) electrons. The zero-order chi connectivity index (χ0) is 9.68. The molecule has 0 aliphatic carbocycles. The van der Waals surface area contributed by atoms with Crippen LogP contribution in [-0.2, 0) is 11.3 Å². The second-order valence-corrected chi connectivity index (χ2v) is 3.44. The molecular formula is C10H15NOS. The Bertz CT molecular complexity index is 280. The van der Waals surface area contributed by atoms with Gasteiger partial charge in [0.05, 0.1) is 6.61 Å². The molecule has 0 unspecified atom stereocenters. The zero-order valence-electron chi connectivity index (χ0n) is 8.09. The topological polar surface area (TPSA) is 21.3 Å². The van der Waals surface area contributed by atoms with Gasteiger partial charge in [-0.05, 0) is 24.9 Å². The first-order chi connectivity index (χ1) is 6.29. The van der Waals surface area contributed by atoms with E-state index in [1.807, 2.05) is 14.0 Å². The van der Waals surface area contributed by atoms with Gasteiger partial charge in [0.25, 0.3) is 0 Å². The fourth-order valence-corrected chi connectivity index (χ4v) is 2.01. The lowest BCUT2D eigenvalue weighted by Crippen LogP contribution is -2.06. The van der Waals surface area contributed by atoms with Gasteiger partial charge >= 0.3 is 0 Å². The molecule has 13 heavy (non-hydrogen) atoms. The maximum absolute atomic E-state index is 5.36. The van der Waals surface area contributed by atoms with Gasteiger partial charge in [-0.1, -0.05) is 6.58 Å². The second kappa shape index (κ2) is 5.04. The van der Waals surface area contributed by atoms with Crippen molar-refractivity contribution in [1.29, 1.82) is 0 Å². The summed E-state index contributed by atoms with van der Waals surface area (Å²) in [7, 11) is 1.94. The molecule has 0 spiro atoms. The van der Waals surface area contributed by atoms with Gasteiger partial charge in [0.1, 0.15) is 5.76 Å². The molecule has 1 aromatic rings. The van der Waals surface area contributed by atoms with Crippen molar-refractivity contribution in [2.75, 3.05) is 13.7 Å². The Hall–Kier alpha value is -0.800. The molecule has 0 fully saturated rings. The van der Waals surface area contributed by atoms with Crippen LogP contribution >= 0.6 is 11.3 Å². The van der Waals surface area contributed by atoms with E-state index in [1.54, 1.807) is 11.3 Å². The van der Waals surface area contributed by atoms with Crippen LogP contribution in [0.1, 0.15) is 18.1 Å². The molecule has 0 aliphatic heterocycles. The normalized spacial score (nSPS) is 10.0. The number of hydrogen-bond donors (Lipinski definition) is 1. The highest BCUT2D eigenvalue weighted by molar-refractivity contribution is 7.08.